The number of hydrogen-bond acceptors (Lipinski definition) is 3. The highest BCUT2D eigenvalue weighted by Gasteiger charge is 2.66. The number of alkyl halides is 4. The summed E-state index contributed by atoms with van der Waals surface area (Å²) >= 11 is -0.486. The Kier molecular flexibility index (Phi) is 1.82. The van der Waals surface area contributed by atoms with Gasteiger partial charge in [-0.15, -0.1) is 0 Å². The molecule has 1 atom stereocenters. The van der Waals surface area contributed by atoms with Gasteiger partial charge < -0.3 is 5.32 Å². The van der Waals surface area contributed by atoms with Crippen LogP contribution < -0.4 is 5.32 Å². The van der Waals surface area contributed by atoms with E-state index in [2.05, 4.69) is 0 Å². The van der Waals surface area contributed by atoms with Gasteiger partial charge in [0.15, 0.2) is 5.17 Å². The fourth-order valence-corrected chi connectivity index (χ4v) is 1.27. The van der Waals surface area contributed by atoms with Crippen LogP contribution in [0.1, 0.15) is 0 Å². The normalized spacial score (nSPS) is 30.7. The van der Waals surface area contributed by atoms with E-state index in [9.17, 15) is 22.4 Å². The van der Waals surface area contributed by atoms with Crippen molar-refractivity contribution in [2.24, 2.45) is 0 Å². The maximum absolute atomic E-state index is 12.7. The third-order valence-corrected chi connectivity index (χ3v) is 2.13. The molecule has 0 saturated carbocycles. The minimum Gasteiger partial charge on any atom is -0.302 e. The van der Waals surface area contributed by atoms with Gasteiger partial charge in [-0.3, -0.25) is 10.2 Å². The lowest BCUT2D eigenvalue weighted by Crippen LogP contribution is -2.45. The van der Waals surface area contributed by atoms with Gasteiger partial charge in [-0.2, -0.15) is 13.2 Å². The number of nitrogens with one attached hydrogen (secondary N) is 2. The van der Waals surface area contributed by atoms with E-state index in [4.69, 9.17) is 5.41 Å². The van der Waals surface area contributed by atoms with Crippen molar-refractivity contribution in [2.45, 2.75) is 11.2 Å². The molecule has 1 amide bonds. The van der Waals surface area contributed by atoms with Crippen molar-refractivity contribution in [3.05, 3.63) is 0 Å². The van der Waals surface area contributed by atoms with Gasteiger partial charge in [0.1, 0.15) is 0 Å². The zero-order valence-electron chi connectivity index (χ0n) is 5.33. The van der Waals surface area contributed by atoms with Gasteiger partial charge >= 0.3 is 11.2 Å². The minimum atomic E-state index is -5.29. The van der Waals surface area contributed by atoms with Crippen LogP contribution in [-0.4, -0.2) is 22.3 Å². The third kappa shape index (κ3) is 1.15. The molecule has 0 aromatic carbocycles. The van der Waals surface area contributed by atoms with Crippen molar-refractivity contribution in [2.75, 3.05) is 0 Å². The first kappa shape index (κ1) is 9.30. The second kappa shape index (κ2) is 2.35. The summed E-state index contributed by atoms with van der Waals surface area (Å²) in [4.78, 5) is 10.4. The summed E-state index contributed by atoms with van der Waals surface area (Å²) < 4.78 is 48.2. The van der Waals surface area contributed by atoms with E-state index in [1.54, 1.807) is 0 Å². The molecule has 0 aromatic rings. The Labute approximate surface area is 68.0 Å². The van der Waals surface area contributed by atoms with Crippen LogP contribution in [0.15, 0.2) is 0 Å². The average molecular weight is 202 g/mol. The second-order valence-corrected chi connectivity index (χ2v) is 3.15. The maximum Gasteiger partial charge on any atom is 0.442 e. The van der Waals surface area contributed by atoms with Gasteiger partial charge in [-0.25, -0.2) is 4.39 Å². The lowest BCUT2D eigenvalue weighted by atomic mass is 10.3. The topological polar surface area (TPSA) is 53.0 Å². The Morgan fingerprint density at radius 3 is 2.17 bits per heavy atom. The van der Waals surface area contributed by atoms with Gasteiger partial charge in [0, 0.05) is 0 Å². The maximum atomic E-state index is 12.7. The Morgan fingerprint density at radius 2 is 2.00 bits per heavy atom. The number of carbonyl (C=O) groups excluding carboxylic acids is 1. The van der Waals surface area contributed by atoms with Crippen LogP contribution >= 0.6 is 11.8 Å². The van der Waals surface area contributed by atoms with Crippen LogP contribution in [-0.2, 0) is 4.79 Å². The molecule has 1 aliphatic rings. The first-order chi connectivity index (χ1) is 5.27. The van der Waals surface area contributed by atoms with E-state index in [1.807, 2.05) is 0 Å². The molecule has 3 nitrogen and oxygen atoms in total. The standard InChI is InChI=1S/C4H2F4N2OS/c5-3(4(6,7)8)1(11)10-2(9)12-3/h(H2,9,10,11). The molecule has 0 spiro atoms. The summed E-state index contributed by atoms with van der Waals surface area (Å²) in [5.74, 6) is -1.84. The van der Waals surface area contributed by atoms with Crippen molar-refractivity contribution in [3.63, 3.8) is 0 Å². The first-order valence-electron chi connectivity index (χ1n) is 2.62. The van der Waals surface area contributed by atoms with Gasteiger partial charge in [0.2, 0.25) is 0 Å². The highest BCUT2D eigenvalue weighted by molar-refractivity contribution is 8.16. The fourth-order valence-electron chi connectivity index (χ4n) is 0.583. The number of amides is 1. The van der Waals surface area contributed by atoms with E-state index < -0.39 is 34.0 Å². The summed E-state index contributed by atoms with van der Waals surface area (Å²) in [6.07, 6.45) is -5.29. The smallest absolute Gasteiger partial charge is 0.302 e. The molecule has 2 N–H and O–H groups in total. The largest absolute Gasteiger partial charge is 0.442 e. The third-order valence-electron chi connectivity index (χ3n) is 1.13. The molecule has 1 unspecified atom stereocenters. The second-order valence-electron chi connectivity index (χ2n) is 1.98. The number of rotatable bonds is 0. The summed E-state index contributed by atoms with van der Waals surface area (Å²) in [5, 5.41) is 3.20. The van der Waals surface area contributed by atoms with Gasteiger partial charge in [0.25, 0.3) is 5.91 Å². The molecule has 0 aromatic heterocycles. The lowest BCUT2D eigenvalue weighted by molar-refractivity contribution is -0.195. The molecule has 1 saturated heterocycles. The van der Waals surface area contributed by atoms with Crippen molar-refractivity contribution >= 4 is 22.8 Å². The number of hydrogen-bond donors (Lipinski definition) is 2. The van der Waals surface area contributed by atoms with Crippen LogP contribution in [0, 0.1) is 5.41 Å². The Hall–Kier alpha value is -0.790. The molecular weight excluding hydrogens is 200 g/mol. The Bertz CT molecular complexity index is 252. The molecule has 1 aliphatic heterocycles. The summed E-state index contributed by atoms with van der Waals surface area (Å²) in [6, 6.07) is 0. The molecule has 12 heavy (non-hydrogen) atoms. The van der Waals surface area contributed by atoms with Gasteiger partial charge in [-0.05, 0) is 11.8 Å². The Morgan fingerprint density at radius 1 is 1.50 bits per heavy atom. The first-order valence-corrected chi connectivity index (χ1v) is 3.43. The lowest BCUT2D eigenvalue weighted by Gasteiger charge is -2.17. The van der Waals surface area contributed by atoms with E-state index in [-0.39, 0.29) is 0 Å². The van der Waals surface area contributed by atoms with Gasteiger partial charge in [-0.1, -0.05) is 0 Å². The van der Waals surface area contributed by atoms with E-state index >= 15 is 0 Å². The zero-order chi connectivity index (χ0) is 9.57. The SMILES string of the molecule is N=C1NC(=O)C(F)(C(F)(F)F)S1. The number of carbonyl (C=O) groups is 1. The van der Waals surface area contributed by atoms with Crippen molar-refractivity contribution < 1.29 is 22.4 Å². The molecular formula is C4H2F4N2OS. The molecule has 0 bridgehead atoms. The number of thioether (sulfide) groups is 1. The van der Waals surface area contributed by atoms with E-state index in [0.29, 0.717) is 0 Å². The van der Waals surface area contributed by atoms with Crippen molar-refractivity contribution in [1.82, 2.24) is 5.32 Å². The summed E-state index contributed by atoms with van der Waals surface area (Å²) in [5.41, 5.74) is 0. The summed E-state index contributed by atoms with van der Waals surface area (Å²) in [6.45, 7) is 0. The average Bonchev–Trinajstić information content (AvgIpc) is 2.06. The molecule has 0 radical (unpaired) electrons. The minimum absolute atomic E-state index is 0.486. The van der Waals surface area contributed by atoms with Crippen LogP contribution in [0.5, 0.6) is 0 Å². The number of halogens is 4. The fraction of sp³-hybridized carbons (Fsp3) is 0.500. The number of amidine groups is 1. The van der Waals surface area contributed by atoms with Crippen LogP contribution in [0.2, 0.25) is 0 Å². The van der Waals surface area contributed by atoms with E-state index in [1.165, 1.54) is 5.32 Å². The highest BCUT2D eigenvalue weighted by atomic mass is 32.2. The van der Waals surface area contributed by atoms with Crippen LogP contribution in [0.4, 0.5) is 17.6 Å². The molecule has 1 heterocycles. The van der Waals surface area contributed by atoms with Crippen molar-refractivity contribution in [3.8, 4) is 0 Å². The van der Waals surface area contributed by atoms with E-state index in [0.717, 1.165) is 0 Å². The van der Waals surface area contributed by atoms with Crippen molar-refractivity contribution in [1.29, 1.82) is 5.41 Å². The molecule has 1 fully saturated rings. The molecule has 1 rings (SSSR count). The predicted octanol–water partition coefficient (Wildman–Crippen LogP) is 1.01. The van der Waals surface area contributed by atoms with Crippen LogP contribution in [0.25, 0.3) is 0 Å². The molecule has 68 valence electrons. The predicted molar refractivity (Wildman–Crippen MR) is 33.4 cm³/mol. The monoisotopic (exact) mass is 202 g/mol. The molecule has 0 aliphatic carbocycles. The Balaban J connectivity index is 3.00. The van der Waals surface area contributed by atoms with Gasteiger partial charge in [0.05, 0.1) is 0 Å². The highest BCUT2D eigenvalue weighted by Crippen LogP contribution is 2.46. The quantitative estimate of drug-likeness (QED) is 0.576. The molecule has 8 heteroatoms. The van der Waals surface area contributed by atoms with Crippen LogP contribution in [0.3, 0.4) is 0 Å². The zero-order valence-corrected chi connectivity index (χ0v) is 6.14. The summed E-state index contributed by atoms with van der Waals surface area (Å²) in [7, 11) is 0.